The average Bonchev–Trinajstić information content (AvgIpc) is 1.89. The fourth-order valence-corrected chi connectivity index (χ4v) is 3.78. The minimum absolute atomic E-state index is 1.01. The second-order valence-electron chi connectivity index (χ2n) is 2.86. The smallest absolute Gasteiger partial charge is 0.141 e. The molecule has 0 aliphatic carbocycles. The maximum absolute atomic E-state index is 9.93. The average molecular weight is 163 g/mol. The van der Waals surface area contributed by atoms with Crippen LogP contribution in [0.15, 0.2) is 0 Å². The molecule has 0 bridgehead atoms. The van der Waals surface area contributed by atoms with Gasteiger partial charge in [-0.05, 0) is 19.8 Å². The van der Waals surface area contributed by atoms with E-state index in [2.05, 4.69) is 20.8 Å². The first kappa shape index (κ1) is 10.4. The number of rotatable bonds is 5. The van der Waals surface area contributed by atoms with E-state index in [1.807, 2.05) is 0 Å². The SMILES string of the molecule is CCC[P+](O)(CC)CCC. The maximum Gasteiger partial charge on any atom is 0.141 e. The zero-order valence-electron chi connectivity index (χ0n) is 7.43. The first-order chi connectivity index (χ1) is 4.68. The van der Waals surface area contributed by atoms with Crippen molar-refractivity contribution in [3.63, 3.8) is 0 Å². The molecule has 0 saturated heterocycles. The summed E-state index contributed by atoms with van der Waals surface area (Å²) in [5, 5.41) is 0. The van der Waals surface area contributed by atoms with Crippen molar-refractivity contribution in [1.29, 1.82) is 0 Å². The molecule has 62 valence electrons. The van der Waals surface area contributed by atoms with Crippen molar-refractivity contribution >= 4 is 7.49 Å². The summed E-state index contributed by atoms with van der Waals surface area (Å²) in [6, 6.07) is 0. The van der Waals surface area contributed by atoms with E-state index in [9.17, 15) is 4.89 Å². The first-order valence-electron chi connectivity index (χ1n) is 4.27. The van der Waals surface area contributed by atoms with Crippen LogP contribution in [-0.4, -0.2) is 23.4 Å². The predicted molar refractivity (Wildman–Crippen MR) is 50.0 cm³/mol. The van der Waals surface area contributed by atoms with Crippen LogP contribution < -0.4 is 0 Å². The first-order valence-corrected chi connectivity index (χ1v) is 6.57. The van der Waals surface area contributed by atoms with Crippen LogP contribution in [0.2, 0.25) is 0 Å². The van der Waals surface area contributed by atoms with E-state index in [0.29, 0.717) is 0 Å². The third-order valence-electron chi connectivity index (χ3n) is 1.87. The van der Waals surface area contributed by atoms with Crippen molar-refractivity contribution in [2.24, 2.45) is 0 Å². The highest BCUT2D eigenvalue weighted by molar-refractivity contribution is 7.70. The molecule has 0 heterocycles. The molecule has 1 N–H and O–H groups in total. The Morgan fingerprint density at radius 3 is 1.60 bits per heavy atom. The zero-order valence-corrected chi connectivity index (χ0v) is 8.32. The summed E-state index contributed by atoms with van der Waals surface area (Å²) in [6.45, 7) is 6.41. The lowest BCUT2D eigenvalue weighted by Gasteiger charge is -2.16. The molecule has 0 spiro atoms. The molecule has 0 aliphatic rings. The van der Waals surface area contributed by atoms with Crippen LogP contribution in [0.3, 0.4) is 0 Å². The molecule has 0 atom stereocenters. The van der Waals surface area contributed by atoms with Crippen LogP contribution in [-0.2, 0) is 0 Å². The van der Waals surface area contributed by atoms with Crippen LogP contribution in [0, 0.1) is 0 Å². The Labute approximate surface area is 65.3 Å². The lowest BCUT2D eigenvalue weighted by atomic mass is 10.6. The van der Waals surface area contributed by atoms with Gasteiger partial charge in [0.15, 0.2) is 0 Å². The molecule has 0 radical (unpaired) electrons. The van der Waals surface area contributed by atoms with Crippen LogP contribution in [0.1, 0.15) is 33.6 Å². The molecule has 0 aromatic carbocycles. The van der Waals surface area contributed by atoms with Gasteiger partial charge in [-0.25, -0.2) is 0 Å². The van der Waals surface area contributed by atoms with Gasteiger partial charge in [-0.1, -0.05) is 13.8 Å². The largest absolute Gasteiger partial charge is 0.252 e. The lowest BCUT2D eigenvalue weighted by molar-refractivity contribution is 0.593. The molecule has 1 nitrogen and oxygen atoms in total. The molecule has 10 heavy (non-hydrogen) atoms. The second kappa shape index (κ2) is 5.09. The van der Waals surface area contributed by atoms with Gasteiger partial charge in [0.05, 0.1) is 18.5 Å². The molecule has 0 fully saturated rings. The molecule has 0 amide bonds. The summed E-state index contributed by atoms with van der Waals surface area (Å²) < 4.78 is 0. The Balaban J connectivity index is 3.69. The van der Waals surface area contributed by atoms with Crippen molar-refractivity contribution in [2.45, 2.75) is 33.6 Å². The van der Waals surface area contributed by atoms with E-state index < -0.39 is 7.49 Å². The zero-order chi connectivity index (χ0) is 8.04. The molecule has 2 heteroatoms. The minimum atomic E-state index is -1.45. The van der Waals surface area contributed by atoms with E-state index >= 15 is 0 Å². The number of hydrogen-bond acceptors (Lipinski definition) is 1. The van der Waals surface area contributed by atoms with Crippen LogP contribution in [0.5, 0.6) is 0 Å². The van der Waals surface area contributed by atoms with Crippen molar-refractivity contribution < 1.29 is 4.89 Å². The Kier molecular flexibility index (Phi) is 5.29. The van der Waals surface area contributed by atoms with Crippen molar-refractivity contribution in [1.82, 2.24) is 0 Å². The van der Waals surface area contributed by atoms with Gasteiger partial charge in [-0.3, -0.25) is 4.89 Å². The summed E-state index contributed by atoms with van der Waals surface area (Å²) in [5.41, 5.74) is 0. The van der Waals surface area contributed by atoms with Crippen molar-refractivity contribution in [2.75, 3.05) is 18.5 Å². The number of hydrogen-bond donors (Lipinski definition) is 1. The van der Waals surface area contributed by atoms with Crippen LogP contribution in [0.4, 0.5) is 0 Å². The van der Waals surface area contributed by atoms with Gasteiger partial charge in [-0.15, -0.1) is 0 Å². The van der Waals surface area contributed by atoms with Gasteiger partial charge in [0.2, 0.25) is 0 Å². The van der Waals surface area contributed by atoms with Crippen LogP contribution >= 0.6 is 7.49 Å². The third kappa shape index (κ3) is 3.53. The topological polar surface area (TPSA) is 20.2 Å². The highest BCUT2D eigenvalue weighted by atomic mass is 31.2. The van der Waals surface area contributed by atoms with Crippen molar-refractivity contribution in [3.8, 4) is 0 Å². The van der Waals surface area contributed by atoms with Crippen molar-refractivity contribution in [3.05, 3.63) is 0 Å². The third-order valence-corrected chi connectivity index (χ3v) is 5.60. The van der Waals surface area contributed by atoms with E-state index in [1.165, 1.54) is 0 Å². The molecule has 0 rings (SSSR count). The summed E-state index contributed by atoms with van der Waals surface area (Å²) in [6.07, 6.45) is 5.42. The summed E-state index contributed by atoms with van der Waals surface area (Å²) in [7, 11) is -1.45. The highest BCUT2D eigenvalue weighted by Gasteiger charge is 2.30. The normalized spacial score (nSPS) is 12.0. The maximum atomic E-state index is 9.93. The summed E-state index contributed by atoms with van der Waals surface area (Å²) >= 11 is 0. The molecular formula is C8H20OP+. The second-order valence-corrected chi connectivity index (χ2v) is 6.58. The minimum Gasteiger partial charge on any atom is -0.252 e. The van der Waals surface area contributed by atoms with E-state index in [1.54, 1.807) is 0 Å². The Morgan fingerprint density at radius 2 is 1.40 bits per heavy atom. The van der Waals surface area contributed by atoms with Gasteiger partial charge in [0, 0.05) is 0 Å². The standard InChI is InChI=1S/C8H20OP/c1-4-7-10(9,6-3)8-5-2/h9H,4-8H2,1-3H3/q+1. The fourth-order valence-electron chi connectivity index (χ4n) is 1.26. The van der Waals surface area contributed by atoms with E-state index in [4.69, 9.17) is 0 Å². The molecule has 0 aromatic rings. The fraction of sp³-hybridized carbons (Fsp3) is 1.00. The quantitative estimate of drug-likeness (QED) is 0.618. The summed E-state index contributed by atoms with van der Waals surface area (Å²) in [4.78, 5) is 9.93. The lowest BCUT2D eigenvalue weighted by Crippen LogP contribution is -2.03. The summed E-state index contributed by atoms with van der Waals surface area (Å²) in [5.74, 6) is 0. The molecule has 0 aliphatic heterocycles. The van der Waals surface area contributed by atoms with E-state index in [-0.39, 0.29) is 0 Å². The Hall–Kier alpha value is 0.390. The molecule has 0 aromatic heterocycles. The molecular weight excluding hydrogens is 143 g/mol. The van der Waals surface area contributed by atoms with Gasteiger partial charge in [0.25, 0.3) is 0 Å². The van der Waals surface area contributed by atoms with Gasteiger partial charge in [-0.2, -0.15) is 0 Å². The monoisotopic (exact) mass is 163 g/mol. The van der Waals surface area contributed by atoms with Crippen LogP contribution in [0.25, 0.3) is 0 Å². The molecule has 0 saturated carbocycles. The Bertz CT molecular complexity index is 77.3. The molecule has 0 unspecified atom stereocenters. The van der Waals surface area contributed by atoms with Gasteiger partial charge < -0.3 is 0 Å². The van der Waals surface area contributed by atoms with E-state index in [0.717, 1.165) is 31.3 Å². The Morgan fingerprint density at radius 1 is 1.00 bits per heavy atom. The van der Waals surface area contributed by atoms with Gasteiger partial charge >= 0.3 is 0 Å². The predicted octanol–water partition coefficient (Wildman–Crippen LogP) is 2.75. The van der Waals surface area contributed by atoms with Gasteiger partial charge in [0.1, 0.15) is 7.49 Å². The highest BCUT2D eigenvalue weighted by Crippen LogP contribution is 2.54.